The zero-order valence-corrected chi connectivity index (χ0v) is 21.5. The van der Waals surface area contributed by atoms with Crippen LogP contribution < -0.4 is 4.90 Å². The maximum Gasteiger partial charge on any atom is 0.0497 e. The fourth-order valence-corrected chi connectivity index (χ4v) is 5.33. The van der Waals surface area contributed by atoms with E-state index in [1.807, 2.05) is 0 Å². The minimum Gasteiger partial charge on any atom is -0.310 e. The third kappa shape index (κ3) is 4.12. The zero-order valence-electron chi connectivity index (χ0n) is 21.5. The molecular formula is C35H31N. The molecule has 36 heavy (non-hydrogen) atoms. The monoisotopic (exact) mass is 465 g/mol. The lowest BCUT2D eigenvalue weighted by atomic mass is 9.91. The Bertz CT molecular complexity index is 1460. The molecule has 0 spiro atoms. The van der Waals surface area contributed by atoms with E-state index in [-0.39, 0.29) is 0 Å². The highest BCUT2D eigenvalue weighted by molar-refractivity contribution is 5.88. The van der Waals surface area contributed by atoms with Crippen molar-refractivity contribution in [3.05, 3.63) is 137 Å². The normalized spacial score (nSPS) is 12.3. The van der Waals surface area contributed by atoms with Gasteiger partial charge in [-0.15, -0.1) is 0 Å². The molecular weight excluding hydrogens is 434 g/mol. The van der Waals surface area contributed by atoms with Crippen molar-refractivity contribution in [1.82, 2.24) is 0 Å². The second-order valence-corrected chi connectivity index (χ2v) is 10.3. The number of fused-ring (bicyclic) bond motifs is 2. The van der Waals surface area contributed by atoms with Crippen LogP contribution in [0.5, 0.6) is 0 Å². The van der Waals surface area contributed by atoms with Gasteiger partial charge in [0.1, 0.15) is 0 Å². The van der Waals surface area contributed by atoms with Crippen LogP contribution in [0.3, 0.4) is 0 Å². The first kappa shape index (κ1) is 22.4. The summed E-state index contributed by atoms with van der Waals surface area (Å²) in [5.41, 5.74) is 16.6. The Labute approximate surface area is 214 Å². The van der Waals surface area contributed by atoms with E-state index in [0.29, 0.717) is 0 Å². The van der Waals surface area contributed by atoms with Gasteiger partial charge in [-0.25, -0.2) is 0 Å². The first-order chi connectivity index (χ1) is 17.4. The van der Waals surface area contributed by atoms with Crippen LogP contribution in [-0.2, 0) is 6.42 Å². The molecule has 0 aromatic heterocycles. The van der Waals surface area contributed by atoms with Crippen LogP contribution in [0.2, 0.25) is 0 Å². The molecule has 0 amide bonds. The lowest BCUT2D eigenvalue weighted by Crippen LogP contribution is -2.19. The minimum absolute atomic E-state index is 0.965. The second-order valence-electron chi connectivity index (χ2n) is 10.3. The zero-order chi connectivity index (χ0) is 24.8. The lowest BCUT2D eigenvalue weighted by Gasteiger charge is -2.34. The van der Waals surface area contributed by atoms with Gasteiger partial charge >= 0.3 is 0 Å². The van der Waals surface area contributed by atoms with Gasteiger partial charge in [-0.1, -0.05) is 95.1 Å². The molecule has 1 aliphatic rings. The van der Waals surface area contributed by atoms with E-state index in [0.717, 1.165) is 6.42 Å². The number of rotatable bonds is 3. The van der Waals surface area contributed by atoms with Gasteiger partial charge in [0.2, 0.25) is 0 Å². The summed E-state index contributed by atoms with van der Waals surface area (Å²) in [7, 11) is 0. The van der Waals surface area contributed by atoms with E-state index in [1.54, 1.807) is 0 Å². The molecule has 0 unspecified atom stereocenters. The quantitative estimate of drug-likeness (QED) is 0.251. The van der Waals surface area contributed by atoms with Crippen LogP contribution in [0.15, 0.2) is 103 Å². The predicted octanol–water partition coefficient (Wildman–Crippen LogP) is 9.63. The van der Waals surface area contributed by atoms with Gasteiger partial charge in [-0.05, 0) is 91.4 Å². The van der Waals surface area contributed by atoms with E-state index >= 15 is 0 Å². The van der Waals surface area contributed by atoms with Gasteiger partial charge in [0, 0.05) is 23.5 Å². The first-order valence-corrected chi connectivity index (χ1v) is 12.7. The van der Waals surface area contributed by atoms with Crippen molar-refractivity contribution in [3.8, 4) is 22.3 Å². The standard InChI is InChI=1S/C35H31N/c1-23-5-11-27(12-6-23)29-19-30(28-13-7-24(2)8-14-28)22-33(21-29)36-34-15-9-25(3)17-31(34)20-32-18-26(4)10-16-35(32)36/h5-19,21-22H,20H2,1-4H3. The van der Waals surface area contributed by atoms with Gasteiger partial charge in [-0.2, -0.15) is 0 Å². The van der Waals surface area contributed by atoms with Crippen LogP contribution in [0, 0.1) is 27.7 Å². The number of hydrogen-bond acceptors (Lipinski definition) is 1. The third-order valence-corrected chi connectivity index (χ3v) is 7.28. The number of hydrogen-bond donors (Lipinski definition) is 0. The van der Waals surface area contributed by atoms with Crippen LogP contribution in [0.1, 0.15) is 33.4 Å². The molecule has 0 aliphatic carbocycles. The summed E-state index contributed by atoms with van der Waals surface area (Å²) in [4.78, 5) is 2.46. The van der Waals surface area contributed by atoms with Crippen molar-refractivity contribution >= 4 is 17.1 Å². The Morgan fingerprint density at radius 3 is 1.28 bits per heavy atom. The average Bonchev–Trinajstić information content (AvgIpc) is 2.87. The van der Waals surface area contributed by atoms with E-state index in [9.17, 15) is 0 Å². The van der Waals surface area contributed by atoms with Crippen molar-refractivity contribution in [2.24, 2.45) is 0 Å². The number of anilines is 3. The molecule has 0 radical (unpaired) electrons. The van der Waals surface area contributed by atoms with Gasteiger partial charge in [0.25, 0.3) is 0 Å². The summed E-state index contributed by atoms with van der Waals surface area (Å²) in [6.45, 7) is 8.65. The van der Waals surface area contributed by atoms with Crippen molar-refractivity contribution in [2.45, 2.75) is 34.1 Å². The summed E-state index contributed by atoms with van der Waals surface area (Å²) in [5.74, 6) is 0. The molecule has 0 saturated carbocycles. The number of aryl methyl sites for hydroxylation is 4. The molecule has 1 heteroatoms. The molecule has 1 nitrogen and oxygen atoms in total. The highest BCUT2D eigenvalue weighted by atomic mass is 15.2. The fraction of sp³-hybridized carbons (Fsp3) is 0.143. The van der Waals surface area contributed by atoms with Gasteiger partial charge in [-0.3, -0.25) is 0 Å². The smallest absolute Gasteiger partial charge is 0.0497 e. The highest BCUT2D eigenvalue weighted by Gasteiger charge is 2.25. The van der Waals surface area contributed by atoms with Crippen molar-refractivity contribution in [3.63, 3.8) is 0 Å². The predicted molar refractivity (Wildman–Crippen MR) is 154 cm³/mol. The second kappa shape index (κ2) is 8.84. The van der Waals surface area contributed by atoms with E-state index in [1.165, 1.54) is 72.7 Å². The molecule has 0 N–H and O–H groups in total. The molecule has 0 bridgehead atoms. The Balaban J connectivity index is 1.60. The lowest BCUT2D eigenvalue weighted by molar-refractivity contribution is 1.08. The summed E-state index contributed by atoms with van der Waals surface area (Å²) < 4.78 is 0. The van der Waals surface area contributed by atoms with Crippen LogP contribution in [-0.4, -0.2) is 0 Å². The molecule has 0 saturated heterocycles. The molecule has 5 aromatic carbocycles. The SMILES string of the molecule is Cc1ccc(-c2cc(-c3ccc(C)cc3)cc(N3c4ccc(C)cc4Cc4cc(C)ccc43)c2)cc1. The Kier molecular flexibility index (Phi) is 5.49. The Morgan fingerprint density at radius 2 is 0.833 bits per heavy atom. The molecule has 5 aromatic rings. The van der Waals surface area contributed by atoms with E-state index < -0.39 is 0 Å². The summed E-state index contributed by atoms with van der Waals surface area (Å²) in [6, 6.07) is 38.5. The van der Waals surface area contributed by atoms with Gasteiger partial charge in [0.15, 0.2) is 0 Å². The molecule has 1 heterocycles. The fourth-order valence-electron chi connectivity index (χ4n) is 5.33. The van der Waals surface area contributed by atoms with Crippen LogP contribution in [0.4, 0.5) is 17.1 Å². The van der Waals surface area contributed by atoms with E-state index in [4.69, 9.17) is 0 Å². The maximum atomic E-state index is 2.46. The molecule has 176 valence electrons. The first-order valence-electron chi connectivity index (χ1n) is 12.7. The summed E-state index contributed by atoms with van der Waals surface area (Å²) in [5, 5.41) is 0. The topological polar surface area (TPSA) is 3.24 Å². The minimum atomic E-state index is 0.965. The summed E-state index contributed by atoms with van der Waals surface area (Å²) in [6.07, 6.45) is 0.965. The van der Waals surface area contributed by atoms with Crippen molar-refractivity contribution in [2.75, 3.05) is 4.90 Å². The van der Waals surface area contributed by atoms with Crippen molar-refractivity contribution < 1.29 is 0 Å². The largest absolute Gasteiger partial charge is 0.310 e. The Hall–Kier alpha value is -4.10. The third-order valence-electron chi connectivity index (χ3n) is 7.28. The number of nitrogens with zero attached hydrogens (tertiary/aromatic N) is 1. The van der Waals surface area contributed by atoms with Gasteiger partial charge < -0.3 is 4.90 Å². The summed E-state index contributed by atoms with van der Waals surface area (Å²) >= 11 is 0. The maximum absolute atomic E-state index is 2.46. The molecule has 0 atom stereocenters. The molecule has 0 fully saturated rings. The number of benzene rings is 5. The highest BCUT2D eigenvalue weighted by Crippen LogP contribution is 2.46. The Morgan fingerprint density at radius 1 is 0.417 bits per heavy atom. The van der Waals surface area contributed by atoms with Crippen molar-refractivity contribution in [1.29, 1.82) is 0 Å². The molecule has 1 aliphatic heterocycles. The van der Waals surface area contributed by atoms with Gasteiger partial charge in [0.05, 0.1) is 0 Å². The molecule has 6 rings (SSSR count). The average molecular weight is 466 g/mol. The van der Waals surface area contributed by atoms with Crippen LogP contribution in [0.25, 0.3) is 22.3 Å². The van der Waals surface area contributed by atoms with Crippen LogP contribution >= 0.6 is 0 Å². The van der Waals surface area contributed by atoms with E-state index in [2.05, 4.69) is 136 Å².